The molecule has 9 heteroatoms. The summed E-state index contributed by atoms with van der Waals surface area (Å²) in [5.74, 6) is 0.971. The van der Waals surface area contributed by atoms with Gasteiger partial charge in [-0.1, -0.05) is 6.92 Å². The number of hydrogen-bond donors (Lipinski definition) is 2. The van der Waals surface area contributed by atoms with E-state index < -0.39 is 9.84 Å². The van der Waals surface area contributed by atoms with E-state index in [1.165, 1.54) is 0 Å². The van der Waals surface area contributed by atoms with Crippen molar-refractivity contribution < 1.29 is 13.2 Å². The predicted octanol–water partition coefficient (Wildman–Crippen LogP) is 0.691. The first-order valence-corrected chi connectivity index (χ1v) is 8.78. The molecular formula is C12H21N5O3S. The molecule has 0 amide bonds. The normalized spacial score (nSPS) is 20.2. The average Bonchev–Trinajstić information content (AvgIpc) is 2.81. The Hall–Kier alpha value is -1.64. The van der Waals surface area contributed by atoms with Crippen molar-refractivity contribution in [3.63, 3.8) is 0 Å². The van der Waals surface area contributed by atoms with Gasteiger partial charge in [0.1, 0.15) is 0 Å². The van der Waals surface area contributed by atoms with E-state index in [-0.39, 0.29) is 17.0 Å². The number of sulfone groups is 1. The fourth-order valence-electron chi connectivity index (χ4n) is 2.10. The summed E-state index contributed by atoms with van der Waals surface area (Å²) in [5, 5.41) is 5.43. The Labute approximate surface area is 124 Å². The smallest absolute Gasteiger partial charge is 0.323 e. The highest BCUT2D eigenvalue weighted by molar-refractivity contribution is 7.92. The molecule has 1 aliphatic rings. The first kappa shape index (κ1) is 15.7. The van der Waals surface area contributed by atoms with Crippen LogP contribution in [0.4, 0.5) is 11.9 Å². The van der Waals surface area contributed by atoms with E-state index in [4.69, 9.17) is 4.74 Å². The van der Waals surface area contributed by atoms with Crippen LogP contribution in [0.1, 0.15) is 26.2 Å². The van der Waals surface area contributed by atoms with Crippen LogP contribution in [0.2, 0.25) is 0 Å². The Morgan fingerprint density at radius 2 is 2.05 bits per heavy atom. The van der Waals surface area contributed by atoms with Gasteiger partial charge in [0.25, 0.3) is 0 Å². The Kier molecular flexibility index (Phi) is 5.16. The maximum atomic E-state index is 11.8. The van der Waals surface area contributed by atoms with Gasteiger partial charge in [0.05, 0.1) is 17.6 Å². The minimum atomic E-state index is -2.98. The van der Waals surface area contributed by atoms with Crippen molar-refractivity contribution in [1.29, 1.82) is 0 Å². The Bertz CT molecular complexity index is 578. The molecule has 1 aliphatic heterocycles. The molecule has 21 heavy (non-hydrogen) atoms. The number of nitrogens with zero attached hydrogens (tertiary/aromatic N) is 3. The average molecular weight is 315 g/mol. The lowest BCUT2D eigenvalue weighted by atomic mass is 10.2. The first-order chi connectivity index (χ1) is 10.0. The first-order valence-electron chi connectivity index (χ1n) is 7.07. The quantitative estimate of drug-likeness (QED) is 0.757. The molecular weight excluding hydrogens is 294 g/mol. The lowest BCUT2D eigenvalue weighted by Crippen LogP contribution is -2.26. The number of rotatable bonds is 7. The van der Waals surface area contributed by atoms with E-state index in [0.717, 1.165) is 12.8 Å². The van der Waals surface area contributed by atoms with E-state index in [1.54, 1.807) is 7.05 Å². The third-order valence-corrected chi connectivity index (χ3v) is 5.50. The van der Waals surface area contributed by atoms with Crippen LogP contribution in [0.3, 0.4) is 0 Å². The van der Waals surface area contributed by atoms with Crippen LogP contribution < -0.4 is 15.4 Å². The summed E-state index contributed by atoms with van der Waals surface area (Å²) in [6.45, 7) is 2.82. The second-order valence-electron chi connectivity index (χ2n) is 4.88. The summed E-state index contributed by atoms with van der Waals surface area (Å²) in [6.07, 6.45) is 2.25. The van der Waals surface area contributed by atoms with Gasteiger partial charge in [-0.3, -0.25) is 0 Å². The monoisotopic (exact) mass is 315 g/mol. The molecule has 1 saturated heterocycles. The summed E-state index contributed by atoms with van der Waals surface area (Å²) >= 11 is 0. The zero-order valence-electron chi connectivity index (χ0n) is 12.3. The predicted molar refractivity (Wildman–Crippen MR) is 80.5 cm³/mol. The number of aromatic nitrogens is 3. The van der Waals surface area contributed by atoms with Gasteiger partial charge in [-0.2, -0.15) is 15.0 Å². The minimum absolute atomic E-state index is 0.230. The van der Waals surface area contributed by atoms with E-state index in [9.17, 15) is 8.42 Å². The van der Waals surface area contributed by atoms with Crippen molar-refractivity contribution in [2.75, 3.05) is 36.6 Å². The number of ether oxygens (including phenoxy) is 1. The van der Waals surface area contributed by atoms with Crippen LogP contribution in [-0.2, 0) is 9.84 Å². The number of nitrogens with one attached hydrogen (secondary N) is 2. The van der Waals surface area contributed by atoms with E-state index >= 15 is 0 Å². The molecule has 8 nitrogen and oxygen atoms in total. The Balaban J connectivity index is 2.04. The second kappa shape index (κ2) is 6.88. The van der Waals surface area contributed by atoms with Crippen molar-refractivity contribution in [3.05, 3.63) is 0 Å². The molecule has 1 aromatic heterocycles. The summed E-state index contributed by atoms with van der Waals surface area (Å²) in [7, 11) is -1.28. The Morgan fingerprint density at radius 3 is 2.67 bits per heavy atom. The fourth-order valence-corrected chi connectivity index (χ4v) is 3.86. The standard InChI is InChI=1S/C12H21N5O3S/c1-3-6-20-12-16-10(13-2)15-11(17-12)14-8-9-5-4-7-21(9,18)19/h9H,3-8H2,1-2H3,(H2,13,14,15,16,17). The SMILES string of the molecule is CCCOc1nc(NC)nc(NCC2CCCS2(=O)=O)n1. The third kappa shape index (κ3) is 4.16. The lowest BCUT2D eigenvalue weighted by molar-refractivity contribution is 0.292. The molecule has 0 saturated carbocycles. The van der Waals surface area contributed by atoms with Gasteiger partial charge in [0.2, 0.25) is 11.9 Å². The third-order valence-electron chi connectivity index (χ3n) is 3.22. The van der Waals surface area contributed by atoms with Crippen molar-refractivity contribution >= 4 is 21.7 Å². The molecule has 1 aromatic rings. The molecule has 2 N–H and O–H groups in total. The van der Waals surface area contributed by atoms with Crippen LogP contribution >= 0.6 is 0 Å². The van der Waals surface area contributed by atoms with E-state index in [2.05, 4.69) is 25.6 Å². The molecule has 0 radical (unpaired) electrons. The Morgan fingerprint density at radius 1 is 1.29 bits per heavy atom. The van der Waals surface area contributed by atoms with Crippen LogP contribution in [0, 0.1) is 0 Å². The highest BCUT2D eigenvalue weighted by Crippen LogP contribution is 2.20. The topological polar surface area (TPSA) is 106 Å². The molecule has 0 spiro atoms. The van der Waals surface area contributed by atoms with E-state index in [0.29, 0.717) is 31.5 Å². The molecule has 2 rings (SSSR count). The molecule has 0 aromatic carbocycles. The zero-order valence-corrected chi connectivity index (χ0v) is 13.1. The zero-order chi connectivity index (χ0) is 15.3. The van der Waals surface area contributed by atoms with Gasteiger partial charge in [-0.05, 0) is 19.3 Å². The molecule has 0 aliphatic carbocycles. The maximum absolute atomic E-state index is 11.8. The van der Waals surface area contributed by atoms with Gasteiger partial charge in [-0.15, -0.1) is 0 Å². The van der Waals surface area contributed by atoms with Crippen LogP contribution in [0.25, 0.3) is 0 Å². The summed E-state index contributed by atoms with van der Waals surface area (Å²) < 4.78 is 29.0. The van der Waals surface area contributed by atoms with Crippen LogP contribution in [-0.4, -0.2) is 54.6 Å². The largest absolute Gasteiger partial charge is 0.463 e. The van der Waals surface area contributed by atoms with Gasteiger partial charge >= 0.3 is 6.01 Å². The molecule has 1 unspecified atom stereocenters. The van der Waals surface area contributed by atoms with Gasteiger partial charge in [-0.25, -0.2) is 8.42 Å². The number of hydrogen-bond acceptors (Lipinski definition) is 8. The van der Waals surface area contributed by atoms with Crippen molar-refractivity contribution in [2.45, 2.75) is 31.4 Å². The van der Waals surface area contributed by atoms with Crippen molar-refractivity contribution in [1.82, 2.24) is 15.0 Å². The highest BCUT2D eigenvalue weighted by atomic mass is 32.2. The molecule has 1 fully saturated rings. The summed E-state index contributed by atoms with van der Waals surface area (Å²) in [4.78, 5) is 12.4. The van der Waals surface area contributed by atoms with Crippen molar-refractivity contribution in [2.24, 2.45) is 0 Å². The number of anilines is 2. The highest BCUT2D eigenvalue weighted by Gasteiger charge is 2.31. The van der Waals surface area contributed by atoms with Gasteiger partial charge in [0, 0.05) is 13.6 Å². The fraction of sp³-hybridized carbons (Fsp3) is 0.750. The van der Waals surface area contributed by atoms with Gasteiger partial charge in [0.15, 0.2) is 9.84 Å². The van der Waals surface area contributed by atoms with Gasteiger partial charge < -0.3 is 15.4 Å². The maximum Gasteiger partial charge on any atom is 0.323 e. The second-order valence-corrected chi connectivity index (χ2v) is 7.28. The summed E-state index contributed by atoms with van der Waals surface area (Å²) in [5.41, 5.74) is 0. The minimum Gasteiger partial charge on any atom is -0.463 e. The molecule has 0 bridgehead atoms. The van der Waals surface area contributed by atoms with Crippen LogP contribution in [0.5, 0.6) is 6.01 Å². The molecule has 2 heterocycles. The van der Waals surface area contributed by atoms with Crippen molar-refractivity contribution in [3.8, 4) is 6.01 Å². The molecule has 1 atom stereocenters. The van der Waals surface area contributed by atoms with Crippen LogP contribution in [0.15, 0.2) is 0 Å². The summed E-state index contributed by atoms with van der Waals surface area (Å²) in [6, 6.07) is 0.230. The lowest BCUT2D eigenvalue weighted by Gasteiger charge is -2.12. The van der Waals surface area contributed by atoms with E-state index in [1.807, 2.05) is 6.92 Å². The molecule has 118 valence electrons.